The van der Waals surface area contributed by atoms with Crippen molar-refractivity contribution < 1.29 is 13.2 Å². The van der Waals surface area contributed by atoms with Gasteiger partial charge in [-0.2, -0.15) is 18.3 Å². The van der Waals surface area contributed by atoms with Crippen LogP contribution in [0.4, 0.5) is 13.2 Å². The summed E-state index contributed by atoms with van der Waals surface area (Å²) in [4.78, 5) is 3.74. The Bertz CT molecular complexity index is 557. The molecule has 2 aromatic heterocycles. The highest BCUT2D eigenvalue weighted by atomic mass is 35.5. The smallest absolute Gasteiger partial charge is 0.318 e. The van der Waals surface area contributed by atoms with Gasteiger partial charge in [0.1, 0.15) is 0 Å². The van der Waals surface area contributed by atoms with Gasteiger partial charge in [-0.05, 0) is 12.1 Å². The lowest BCUT2D eigenvalue weighted by atomic mass is 10.1. The van der Waals surface area contributed by atoms with Crippen LogP contribution in [0, 0.1) is 0 Å². The summed E-state index contributed by atoms with van der Waals surface area (Å²) in [5.74, 6) is 0. The summed E-state index contributed by atoms with van der Waals surface area (Å²) >= 11 is 5.92. The van der Waals surface area contributed by atoms with Crippen molar-refractivity contribution in [3.8, 4) is 0 Å². The monoisotopic (exact) mass is 290 g/mol. The van der Waals surface area contributed by atoms with Gasteiger partial charge in [0.15, 0.2) is 0 Å². The second-order valence-corrected chi connectivity index (χ2v) is 4.36. The number of aryl methyl sites for hydroxylation is 1. The van der Waals surface area contributed by atoms with Crippen LogP contribution in [0.25, 0.3) is 0 Å². The molecule has 19 heavy (non-hydrogen) atoms. The average Bonchev–Trinajstić information content (AvgIpc) is 2.67. The summed E-state index contributed by atoms with van der Waals surface area (Å²) in [5, 5.41) is 4.26. The number of alkyl halides is 3. The molecule has 8 heteroatoms. The van der Waals surface area contributed by atoms with Crippen molar-refractivity contribution in [2.24, 2.45) is 12.8 Å². The molecule has 0 saturated carbocycles. The number of nitrogens with zero attached hydrogens (tertiary/aromatic N) is 3. The molecule has 0 aromatic carbocycles. The maximum Gasteiger partial charge on any atom is 0.417 e. The minimum absolute atomic E-state index is 0.290. The number of aromatic nitrogens is 3. The van der Waals surface area contributed by atoms with Crippen molar-refractivity contribution in [2.45, 2.75) is 12.2 Å². The molecule has 2 rings (SSSR count). The average molecular weight is 291 g/mol. The summed E-state index contributed by atoms with van der Waals surface area (Å²) < 4.78 is 38.7. The number of halogens is 4. The molecule has 102 valence electrons. The first-order chi connectivity index (χ1) is 8.80. The van der Waals surface area contributed by atoms with E-state index in [-0.39, 0.29) is 0 Å². The zero-order valence-electron chi connectivity index (χ0n) is 9.82. The van der Waals surface area contributed by atoms with E-state index < -0.39 is 17.8 Å². The molecular weight excluding hydrogens is 281 g/mol. The predicted molar refractivity (Wildman–Crippen MR) is 63.5 cm³/mol. The summed E-state index contributed by atoms with van der Waals surface area (Å²) in [6.45, 7) is 0. The lowest BCUT2D eigenvalue weighted by molar-refractivity contribution is -0.137. The van der Waals surface area contributed by atoms with Gasteiger partial charge in [-0.15, -0.1) is 0 Å². The molecule has 2 aromatic rings. The first kappa shape index (κ1) is 13.8. The Morgan fingerprint density at radius 3 is 2.42 bits per heavy atom. The van der Waals surface area contributed by atoms with Crippen LogP contribution in [-0.4, -0.2) is 14.8 Å². The summed E-state index contributed by atoms with van der Waals surface area (Å²) in [7, 11) is 1.64. The number of nitrogens with two attached hydrogens (primary N) is 1. The molecule has 1 atom stereocenters. The van der Waals surface area contributed by atoms with Gasteiger partial charge in [-0.3, -0.25) is 9.67 Å². The molecule has 0 aliphatic carbocycles. The van der Waals surface area contributed by atoms with Crippen LogP contribution >= 0.6 is 11.6 Å². The van der Waals surface area contributed by atoms with Crippen molar-refractivity contribution in [1.29, 1.82) is 0 Å². The minimum atomic E-state index is -4.42. The van der Waals surface area contributed by atoms with Crippen LogP contribution in [0.2, 0.25) is 5.02 Å². The van der Waals surface area contributed by atoms with Gasteiger partial charge in [0.25, 0.3) is 0 Å². The number of rotatable bonds is 2. The topological polar surface area (TPSA) is 56.7 Å². The van der Waals surface area contributed by atoms with Crippen molar-refractivity contribution in [2.75, 3.05) is 0 Å². The maximum absolute atomic E-state index is 12.4. The Balaban J connectivity index is 2.33. The van der Waals surface area contributed by atoms with E-state index in [9.17, 15) is 13.2 Å². The van der Waals surface area contributed by atoms with E-state index in [0.29, 0.717) is 16.4 Å². The van der Waals surface area contributed by atoms with Crippen molar-refractivity contribution in [1.82, 2.24) is 14.8 Å². The fraction of sp³-hybridized carbons (Fsp3) is 0.273. The minimum Gasteiger partial charge on any atom is -0.318 e. The van der Waals surface area contributed by atoms with E-state index in [4.69, 9.17) is 17.3 Å². The molecule has 0 saturated heterocycles. The number of pyridine rings is 1. The normalized spacial score (nSPS) is 13.6. The van der Waals surface area contributed by atoms with Crippen LogP contribution in [0.3, 0.4) is 0 Å². The molecular formula is C11H10ClF3N4. The van der Waals surface area contributed by atoms with Gasteiger partial charge in [0.2, 0.25) is 0 Å². The first-order valence-corrected chi connectivity index (χ1v) is 5.64. The Hall–Kier alpha value is -1.60. The van der Waals surface area contributed by atoms with Gasteiger partial charge in [0.05, 0.1) is 34.2 Å². The Morgan fingerprint density at radius 1 is 1.32 bits per heavy atom. The van der Waals surface area contributed by atoms with Crippen LogP contribution in [0.1, 0.15) is 23.0 Å². The molecule has 0 radical (unpaired) electrons. The molecule has 4 nitrogen and oxygen atoms in total. The Kier molecular flexibility index (Phi) is 3.51. The summed E-state index contributed by atoms with van der Waals surface area (Å²) in [6.07, 6.45) is -2.25. The summed E-state index contributed by atoms with van der Waals surface area (Å²) in [5.41, 5.74) is 5.90. The van der Waals surface area contributed by atoms with E-state index in [1.807, 2.05) is 0 Å². The molecule has 0 fully saturated rings. The van der Waals surface area contributed by atoms with Crippen LogP contribution in [0.5, 0.6) is 0 Å². The number of hydrogen-bond donors (Lipinski definition) is 1. The summed E-state index contributed by atoms with van der Waals surface area (Å²) in [6, 6.07) is 1.44. The molecule has 2 N–H and O–H groups in total. The highest BCUT2D eigenvalue weighted by Gasteiger charge is 2.31. The third-order valence-electron chi connectivity index (χ3n) is 2.66. The SMILES string of the molecule is Cn1ncc(Cl)c1C(N)c1ccc(C(F)(F)F)cn1. The highest BCUT2D eigenvalue weighted by Crippen LogP contribution is 2.30. The highest BCUT2D eigenvalue weighted by molar-refractivity contribution is 6.31. The number of hydrogen-bond acceptors (Lipinski definition) is 3. The second kappa shape index (κ2) is 4.82. The van der Waals surface area contributed by atoms with Gasteiger partial charge in [-0.25, -0.2) is 0 Å². The molecule has 0 bridgehead atoms. The predicted octanol–water partition coefficient (Wildman–Crippen LogP) is 2.54. The maximum atomic E-state index is 12.4. The molecule has 1 unspecified atom stereocenters. The quantitative estimate of drug-likeness (QED) is 0.925. The largest absolute Gasteiger partial charge is 0.417 e. The van der Waals surface area contributed by atoms with E-state index >= 15 is 0 Å². The van der Waals surface area contributed by atoms with E-state index in [1.165, 1.54) is 16.9 Å². The van der Waals surface area contributed by atoms with Crippen molar-refractivity contribution >= 4 is 11.6 Å². The van der Waals surface area contributed by atoms with Crippen LogP contribution < -0.4 is 5.73 Å². The van der Waals surface area contributed by atoms with Gasteiger partial charge in [0, 0.05) is 13.2 Å². The third kappa shape index (κ3) is 2.71. The zero-order valence-corrected chi connectivity index (χ0v) is 10.6. The van der Waals surface area contributed by atoms with E-state index in [1.54, 1.807) is 7.05 Å². The first-order valence-electron chi connectivity index (χ1n) is 5.27. The van der Waals surface area contributed by atoms with E-state index in [2.05, 4.69) is 10.1 Å². The van der Waals surface area contributed by atoms with Crippen molar-refractivity contribution in [3.05, 3.63) is 46.5 Å². The fourth-order valence-corrected chi connectivity index (χ4v) is 1.95. The molecule has 0 aliphatic heterocycles. The fourth-order valence-electron chi connectivity index (χ4n) is 1.67. The zero-order chi connectivity index (χ0) is 14.2. The van der Waals surface area contributed by atoms with Gasteiger partial charge < -0.3 is 5.73 Å². The standard InChI is InChI=1S/C11H10ClF3N4/c1-19-10(7(12)5-18-19)9(16)8-3-2-6(4-17-8)11(13,14)15/h2-5,9H,16H2,1H3. The molecule has 0 amide bonds. The van der Waals surface area contributed by atoms with Crippen molar-refractivity contribution in [3.63, 3.8) is 0 Å². The van der Waals surface area contributed by atoms with E-state index in [0.717, 1.165) is 12.3 Å². The van der Waals surface area contributed by atoms with Gasteiger partial charge >= 0.3 is 6.18 Å². The van der Waals surface area contributed by atoms with Crippen LogP contribution in [-0.2, 0) is 13.2 Å². The molecule has 0 aliphatic rings. The Labute approximate surface area is 112 Å². The molecule has 0 spiro atoms. The van der Waals surface area contributed by atoms with Gasteiger partial charge in [-0.1, -0.05) is 11.6 Å². The lowest BCUT2D eigenvalue weighted by Crippen LogP contribution is -2.18. The lowest BCUT2D eigenvalue weighted by Gasteiger charge is -2.13. The third-order valence-corrected chi connectivity index (χ3v) is 2.96. The second-order valence-electron chi connectivity index (χ2n) is 3.95. The molecule has 2 heterocycles. The van der Waals surface area contributed by atoms with Crippen LogP contribution in [0.15, 0.2) is 24.5 Å². The Morgan fingerprint density at radius 2 is 2.00 bits per heavy atom.